The van der Waals surface area contributed by atoms with Crippen LogP contribution in [0.2, 0.25) is 0 Å². The van der Waals surface area contributed by atoms with Gasteiger partial charge in [-0.15, -0.1) is 0 Å². The Kier molecular flexibility index (Phi) is 5.34. The van der Waals surface area contributed by atoms with E-state index in [2.05, 4.69) is 10.3 Å². The second-order valence-electron chi connectivity index (χ2n) is 7.49. The largest absolute Gasteiger partial charge is 0.480 e. The van der Waals surface area contributed by atoms with Crippen molar-refractivity contribution in [2.45, 2.75) is 52.2 Å². The number of aromatic nitrogens is 1. The summed E-state index contributed by atoms with van der Waals surface area (Å²) in [4.78, 5) is 29.1. The molecule has 0 saturated heterocycles. The number of benzene rings is 1. The Morgan fingerprint density at radius 2 is 2.03 bits per heavy atom. The topological polar surface area (TPSA) is 81.4 Å². The number of nitrogens with one attached hydrogen (secondary N) is 1. The van der Waals surface area contributed by atoms with Gasteiger partial charge in [0.1, 0.15) is 11.3 Å². The predicted octanol–water partition coefficient (Wildman–Crippen LogP) is 3.46. The van der Waals surface area contributed by atoms with Gasteiger partial charge in [-0.05, 0) is 74.9 Å². The Bertz CT molecular complexity index is 1110. The number of nitrogens with zero attached hydrogens (tertiary/aromatic N) is 1. The molecule has 1 aliphatic rings. The number of hydrogen-bond donors (Lipinski definition) is 1. The summed E-state index contributed by atoms with van der Waals surface area (Å²) in [5, 5.41) is 3.67. The summed E-state index contributed by atoms with van der Waals surface area (Å²) in [6.45, 7) is 3.97. The van der Waals surface area contributed by atoms with E-state index in [0.717, 1.165) is 53.5 Å². The van der Waals surface area contributed by atoms with Crippen LogP contribution in [0.25, 0.3) is 11.0 Å². The molecule has 3 aromatic rings. The summed E-state index contributed by atoms with van der Waals surface area (Å²) in [5.74, 6) is 0.360. The monoisotopic (exact) mass is 392 g/mol. The average molecular weight is 392 g/mol. The van der Waals surface area contributed by atoms with Gasteiger partial charge in [-0.2, -0.15) is 0 Å². The lowest BCUT2D eigenvalue weighted by Gasteiger charge is -2.21. The van der Waals surface area contributed by atoms with Crippen molar-refractivity contribution >= 4 is 16.9 Å². The van der Waals surface area contributed by atoms with Crippen LogP contribution >= 0.6 is 0 Å². The van der Waals surface area contributed by atoms with Gasteiger partial charge in [-0.3, -0.25) is 9.78 Å². The van der Waals surface area contributed by atoms with E-state index in [9.17, 15) is 9.59 Å². The van der Waals surface area contributed by atoms with Gasteiger partial charge >= 0.3 is 5.63 Å². The molecule has 0 saturated carbocycles. The van der Waals surface area contributed by atoms with Crippen molar-refractivity contribution in [3.63, 3.8) is 0 Å². The molecule has 6 nitrogen and oxygen atoms in total. The normalized spacial score (nSPS) is 14.3. The molecule has 0 bridgehead atoms. The third kappa shape index (κ3) is 4.01. The van der Waals surface area contributed by atoms with E-state index in [0.29, 0.717) is 17.9 Å². The Morgan fingerprint density at radius 1 is 1.24 bits per heavy atom. The van der Waals surface area contributed by atoms with Crippen molar-refractivity contribution in [2.75, 3.05) is 0 Å². The molecule has 0 aliphatic heterocycles. The zero-order valence-corrected chi connectivity index (χ0v) is 16.7. The maximum Gasteiger partial charge on any atom is 0.339 e. The molecule has 1 aliphatic carbocycles. The van der Waals surface area contributed by atoms with Gasteiger partial charge in [0, 0.05) is 11.8 Å². The number of ether oxygens (including phenoxy) is 1. The van der Waals surface area contributed by atoms with Gasteiger partial charge in [0.2, 0.25) is 0 Å². The van der Waals surface area contributed by atoms with E-state index < -0.39 is 6.10 Å². The van der Waals surface area contributed by atoms with Crippen LogP contribution in [-0.2, 0) is 24.2 Å². The fourth-order valence-corrected chi connectivity index (χ4v) is 3.83. The highest BCUT2D eigenvalue weighted by Crippen LogP contribution is 2.35. The quantitative estimate of drug-likeness (QED) is 0.673. The van der Waals surface area contributed by atoms with Crippen molar-refractivity contribution in [3.8, 4) is 5.75 Å². The van der Waals surface area contributed by atoms with Crippen LogP contribution in [-0.4, -0.2) is 17.0 Å². The second-order valence-corrected chi connectivity index (χ2v) is 7.49. The number of hydrogen-bond acceptors (Lipinski definition) is 5. The van der Waals surface area contributed by atoms with Gasteiger partial charge in [0.15, 0.2) is 6.10 Å². The minimum Gasteiger partial charge on any atom is -0.480 e. The van der Waals surface area contributed by atoms with E-state index in [1.807, 2.05) is 37.3 Å². The first-order chi connectivity index (χ1) is 14.0. The number of aryl methyl sites for hydroxylation is 2. The van der Waals surface area contributed by atoms with E-state index in [-0.39, 0.29) is 11.5 Å². The number of amides is 1. The molecule has 150 valence electrons. The zero-order chi connectivity index (χ0) is 20.4. The maximum atomic E-state index is 12.5. The van der Waals surface area contributed by atoms with Gasteiger partial charge in [0.25, 0.3) is 5.91 Å². The highest BCUT2D eigenvalue weighted by molar-refractivity contribution is 5.89. The highest BCUT2D eigenvalue weighted by atomic mass is 16.5. The zero-order valence-electron chi connectivity index (χ0n) is 16.7. The first-order valence-corrected chi connectivity index (χ1v) is 9.96. The van der Waals surface area contributed by atoms with Crippen LogP contribution in [0, 0.1) is 6.92 Å². The summed E-state index contributed by atoms with van der Waals surface area (Å²) in [5.41, 5.74) is 3.69. The fraction of sp³-hybridized carbons (Fsp3) is 0.348. The van der Waals surface area contributed by atoms with Crippen molar-refractivity contribution in [2.24, 2.45) is 0 Å². The molecular weight excluding hydrogens is 368 g/mol. The van der Waals surface area contributed by atoms with E-state index in [1.54, 1.807) is 13.1 Å². The summed E-state index contributed by atoms with van der Waals surface area (Å²) < 4.78 is 11.7. The standard InChI is InChI=1S/C23H24N2O4/c1-14-11-19(28-15(2)22(26)25-13-16-7-5-6-10-24-16)21-17-8-3-4-9-18(17)23(27)29-20(21)12-14/h5-7,10-12,15H,3-4,8-9,13H2,1-2H3,(H,25,26). The first kappa shape index (κ1) is 19.2. The maximum absolute atomic E-state index is 12.5. The Morgan fingerprint density at radius 3 is 2.79 bits per heavy atom. The molecule has 1 amide bonds. The molecule has 6 heteroatoms. The molecule has 2 heterocycles. The summed E-state index contributed by atoms with van der Waals surface area (Å²) >= 11 is 0. The van der Waals surface area contributed by atoms with Gasteiger partial charge < -0.3 is 14.5 Å². The molecule has 0 spiro atoms. The van der Waals surface area contributed by atoms with E-state index in [1.165, 1.54) is 0 Å². The number of pyridine rings is 1. The van der Waals surface area contributed by atoms with Crippen molar-refractivity contribution in [1.82, 2.24) is 10.3 Å². The Balaban J connectivity index is 1.61. The number of carbonyl (C=O) groups excluding carboxylic acids is 1. The fourth-order valence-electron chi connectivity index (χ4n) is 3.83. The molecule has 1 atom stereocenters. The highest BCUT2D eigenvalue weighted by Gasteiger charge is 2.23. The van der Waals surface area contributed by atoms with Gasteiger partial charge in [-0.1, -0.05) is 6.07 Å². The SMILES string of the molecule is Cc1cc(OC(C)C(=O)NCc2ccccn2)c2c3c(c(=O)oc2c1)CCCC3. The van der Waals surface area contributed by atoms with Crippen LogP contribution in [0.5, 0.6) is 5.75 Å². The lowest BCUT2D eigenvalue weighted by molar-refractivity contribution is -0.127. The van der Waals surface area contributed by atoms with Crippen LogP contribution in [0.4, 0.5) is 0 Å². The lowest BCUT2D eigenvalue weighted by Crippen LogP contribution is -2.36. The third-order valence-corrected chi connectivity index (χ3v) is 5.27. The van der Waals surface area contributed by atoms with E-state index >= 15 is 0 Å². The second kappa shape index (κ2) is 8.07. The van der Waals surface area contributed by atoms with Crippen LogP contribution in [0.15, 0.2) is 45.7 Å². The molecule has 1 unspecified atom stereocenters. The van der Waals surface area contributed by atoms with Crippen molar-refractivity contribution in [1.29, 1.82) is 0 Å². The van der Waals surface area contributed by atoms with Crippen LogP contribution in [0.1, 0.15) is 42.1 Å². The number of fused-ring (bicyclic) bond motifs is 3. The molecule has 1 aromatic carbocycles. The smallest absolute Gasteiger partial charge is 0.339 e. The van der Waals surface area contributed by atoms with Crippen molar-refractivity contribution in [3.05, 3.63) is 69.3 Å². The van der Waals surface area contributed by atoms with Crippen LogP contribution in [0.3, 0.4) is 0 Å². The Hall–Kier alpha value is -3.15. The molecule has 29 heavy (non-hydrogen) atoms. The molecule has 4 rings (SSSR count). The number of carbonyl (C=O) groups is 1. The third-order valence-electron chi connectivity index (χ3n) is 5.27. The molecular formula is C23H24N2O4. The molecule has 0 fully saturated rings. The predicted molar refractivity (Wildman–Crippen MR) is 110 cm³/mol. The molecule has 1 N–H and O–H groups in total. The van der Waals surface area contributed by atoms with Gasteiger partial charge in [-0.25, -0.2) is 4.79 Å². The number of rotatable bonds is 5. The summed E-state index contributed by atoms with van der Waals surface area (Å²) in [6.07, 6.45) is 4.54. The Labute approximate surface area is 168 Å². The lowest BCUT2D eigenvalue weighted by atomic mass is 9.90. The molecule has 2 aromatic heterocycles. The summed E-state index contributed by atoms with van der Waals surface area (Å²) in [7, 11) is 0. The van der Waals surface area contributed by atoms with Crippen molar-refractivity contribution < 1.29 is 13.9 Å². The summed E-state index contributed by atoms with van der Waals surface area (Å²) in [6, 6.07) is 9.32. The minimum atomic E-state index is -0.699. The average Bonchev–Trinajstić information content (AvgIpc) is 2.72. The van der Waals surface area contributed by atoms with Gasteiger partial charge in [0.05, 0.1) is 17.6 Å². The van der Waals surface area contributed by atoms with E-state index in [4.69, 9.17) is 9.15 Å². The molecule has 0 radical (unpaired) electrons. The minimum absolute atomic E-state index is 0.225. The first-order valence-electron chi connectivity index (χ1n) is 9.96. The van der Waals surface area contributed by atoms with Crippen LogP contribution < -0.4 is 15.7 Å².